The molecule has 29 heavy (non-hydrogen) atoms. The molecule has 0 radical (unpaired) electrons. The third-order valence-electron chi connectivity index (χ3n) is 4.35. The van der Waals surface area contributed by atoms with Crippen molar-refractivity contribution < 1.29 is 24.3 Å². The van der Waals surface area contributed by atoms with E-state index >= 15 is 0 Å². The van der Waals surface area contributed by atoms with Gasteiger partial charge in [0.05, 0.1) is 12.6 Å². The summed E-state index contributed by atoms with van der Waals surface area (Å²) in [7, 11) is 0. The highest BCUT2D eigenvalue weighted by Gasteiger charge is 2.35. The zero-order valence-corrected chi connectivity index (χ0v) is 16.9. The van der Waals surface area contributed by atoms with E-state index in [4.69, 9.17) is 17.2 Å². The summed E-state index contributed by atoms with van der Waals surface area (Å²) >= 11 is 3.99. The van der Waals surface area contributed by atoms with E-state index in [1.54, 1.807) is 0 Å². The minimum absolute atomic E-state index is 0.0987. The van der Waals surface area contributed by atoms with Crippen LogP contribution in [0, 0.1) is 0 Å². The van der Waals surface area contributed by atoms with Crippen LogP contribution in [0.25, 0.3) is 0 Å². The number of nitrogens with zero attached hydrogens (tertiary/aromatic N) is 2. The molecule has 0 aliphatic carbocycles. The van der Waals surface area contributed by atoms with Crippen LogP contribution in [-0.2, 0) is 19.2 Å². The molecule has 1 heterocycles. The summed E-state index contributed by atoms with van der Waals surface area (Å²) in [5.41, 5.74) is 16.1. The molecule has 1 aliphatic rings. The Labute approximate surface area is 174 Å². The molecule has 12 nitrogen and oxygen atoms in total. The number of aliphatic carboxylic acids is 1. The van der Waals surface area contributed by atoms with Crippen molar-refractivity contribution in [3.63, 3.8) is 0 Å². The standard InChI is InChI=1S/C16H29N7O5S/c17-9(8-29)14(26)23-6-2-4-11(23)13(25)21-7-12(24)22-10(15(27)28)3-1-5-20-16(18)19/h9-11,29H,1-8,17H2,(H,21,25)(H,22,24)(H,27,28)(H4,18,19,20). The predicted octanol–water partition coefficient (Wildman–Crippen LogP) is -3.03. The molecular weight excluding hydrogens is 402 g/mol. The SMILES string of the molecule is NC(N)=NCCCC(NC(=O)CNC(=O)C1CCCN1C(=O)C(N)CS)C(=O)O. The monoisotopic (exact) mass is 431 g/mol. The normalized spacial score (nSPS) is 17.9. The highest BCUT2D eigenvalue weighted by Crippen LogP contribution is 2.18. The number of aliphatic imine (C=N–C) groups is 1. The highest BCUT2D eigenvalue weighted by atomic mass is 32.1. The van der Waals surface area contributed by atoms with Crippen molar-refractivity contribution in [1.29, 1.82) is 0 Å². The maximum Gasteiger partial charge on any atom is 0.326 e. The topological polar surface area (TPSA) is 206 Å². The molecule has 3 amide bonds. The lowest BCUT2D eigenvalue weighted by molar-refractivity contribution is -0.142. The van der Waals surface area contributed by atoms with Gasteiger partial charge in [0.1, 0.15) is 12.1 Å². The zero-order valence-electron chi connectivity index (χ0n) is 16.0. The highest BCUT2D eigenvalue weighted by molar-refractivity contribution is 7.80. The molecule has 0 spiro atoms. The fraction of sp³-hybridized carbons (Fsp3) is 0.688. The van der Waals surface area contributed by atoms with Gasteiger partial charge >= 0.3 is 5.97 Å². The van der Waals surface area contributed by atoms with E-state index < -0.39 is 42.5 Å². The van der Waals surface area contributed by atoms with Crippen LogP contribution in [-0.4, -0.2) is 83.2 Å². The second kappa shape index (κ2) is 12.1. The Morgan fingerprint density at radius 1 is 1.28 bits per heavy atom. The quantitative estimate of drug-likeness (QED) is 0.0773. The number of hydrogen-bond donors (Lipinski definition) is 7. The maximum atomic E-state index is 12.4. The molecule has 3 atom stereocenters. The second-order valence-electron chi connectivity index (χ2n) is 6.60. The summed E-state index contributed by atoms with van der Waals surface area (Å²) < 4.78 is 0. The van der Waals surface area contributed by atoms with Crippen LogP contribution >= 0.6 is 12.6 Å². The number of nitrogens with two attached hydrogens (primary N) is 3. The van der Waals surface area contributed by atoms with Crippen LogP contribution in [0.3, 0.4) is 0 Å². The number of amides is 3. The molecule has 0 aromatic heterocycles. The van der Waals surface area contributed by atoms with Crippen LogP contribution in [0.15, 0.2) is 4.99 Å². The lowest BCUT2D eigenvalue weighted by Gasteiger charge is -2.26. The number of carbonyl (C=O) groups excluding carboxylic acids is 3. The summed E-state index contributed by atoms with van der Waals surface area (Å²) in [5, 5.41) is 14.0. The van der Waals surface area contributed by atoms with E-state index in [0.717, 1.165) is 0 Å². The number of carbonyl (C=O) groups is 4. The van der Waals surface area contributed by atoms with Gasteiger partial charge in [-0.2, -0.15) is 12.6 Å². The molecule has 9 N–H and O–H groups in total. The molecule has 1 rings (SSSR count). The summed E-state index contributed by atoms with van der Waals surface area (Å²) in [6.45, 7) is 0.230. The molecule has 0 aromatic rings. The van der Waals surface area contributed by atoms with Gasteiger partial charge in [-0.25, -0.2) is 4.79 Å². The lowest BCUT2D eigenvalue weighted by Crippen LogP contribution is -2.53. The molecule has 3 unspecified atom stereocenters. The number of hydrogen-bond acceptors (Lipinski definition) is 7. The van der Waals surface area contributed by atoms with Crippen molar-refractivity contribution >= 4 is 42.3 Å². The van der Waals surface area contributed by atoms with Gasteiger partial charge in [0.15, 0.2) is 5.96 Å². The van der Waals surface area contributed by atoms with E-state index in [-0.39, 0.29) is 30.6 Å². The first-order chi connectivity index (χ1) is 13.7. The first kappa shape index (κ1) is 24.5. The second-order valence-corrected chi connectivity index (χ2v) is 6.97. The summed E-state index contributed by atoms with van der Waals surface area (Å²) in [4.78, 5) is 53.0. The third kappa shape index (κ3) is 8.15. The zero-order chi connectivity index (χ0) is 22.0. The van der Waals surface area contributed by atoms with E-state index in [9.17, 15) is 24.3 Å². The molecule has 0 aromatic carbocycles. The Bertz CT molecular complexity index is 641. The average molecular weight is 432 g/mol. The Morgan fingerprint density at radius 3 is 2.55 bits per heavy atom. The van der Waals surface area contributed by atoms with Gasteiger partial charge < -0.3 is 37.8 Å². The molecule has 164 valence electrons. The van der Waals surface area contributed by atoms with E-state index in [0.29, 0.717) is 25.8 Å². The lowest BCUT2D eigenvalue weighted by atomic mass is 10.1. The fourth-order valence-corrected chi connectivity index (χ4v) is 3.04. The van der Waals surface area contributed by atoms with Crippen LogP contribution < -0.4 is 27.8 Å². The van der Waals surface area contributed by atoms with Gasteiger partial charge in [0, 0.05) is 18.8 Å². The Kier molecular flexibility index (Phi) is 10.2. The minimum Gasteiger partial charge on any atom is -0.480 e. The van der Waals surface area contributed by atoms with E-state index in [1.807, 2.05) is 0 Å². The van der Waals surface area contributed by atoms with Crippen LogP contribution in [0.5, 0.6) is 0 Å². The Morgan fingerprint density at radius 2 is 1.97 bits per heavy atom. The van der Waals surface area contributed by atoms with Crippen molar-refractivity contribution in [3.05, 3.63) is 0 Å². The van der Waals surface area contributed by atoms with Gasteiger partial charge in [-0.3, -0.25) is 19.4 Å². The molecule has 0 saturated carbocycles. The van der Waals surface area contributed by atoms with Crippen molar-refractivity contribution in [2.75, 3.05) is 25.4 Å². The molecule has 1 saturated heterocycles. The van der Waals surface area contributed by atoms with Gasteiger partial charge in [-0.1, -0.05) is 0 Å². The average Bonchev–Trinajstić information content (AvgIpc) is 3.16. The Balaban J connectivity index is 2.50. The number of carboxylic acids is 1. The number of nitrogens with one attached hydrogen (secondary N) is 2. The smallest absolute Gasteiger partial charge is 0.326 e. The van der Waals surface area contributed by atoms with Crippen molar-refractivity contribution in [3.8, 4) is 0 Å². The van der Waals surface area contributed by atoms with Crippen molar-refractivity contribution in [2.24, 2.45) is 22.2 Å². The van der Waals surface area contributed by atoms with Gasteiger partial charge in [0.25, 0.3) is 0 Å². The summed E-state index contributed by atoms with van der Waals surface area (Å²) in [5.74, 6) is -2.66. The molecule has 1 aliphatic heterocycles. The first-order valence-electron chi connectivity index (χ1n) is 9.19. The maximum absolute atomic E-state index is 12.4. The largest absolute Gasteiger partial charge is 0.480 e. The number of likely N-dealkylation sites (tertiary alicyclic amines) is 1. The van der Waals surface area contributed by atoms with E-state index in [1.165, 1.54) is 4.90 Å². The van der Waals surface area contributed by atoms with Crippen molar-refractivity contribution in [1.82, 2.24) is 15.5 Å². The van der Waals surface area contributed by atoms with Gasteiger partial charge in [-0.05, 0) is 25.7 Å². The number of rotatable bonds is 11. The first-order valence-corrected chi connectivity index (χ1v) is 9.82. The molecular formula is C16H29N7O5S. The molecule has 1 fully saturated rings. The molecule has 13 heteroatoms. The summed E-state index contributed by atoms with van der Waals surface area (Å²) in [6, 6.07) is -2.65. The number of guanidine groups is 1. The minimum atomic E-state index is -1.21. The Hall–Kier alpha value is -2.54. The summed E-state index contributed by atoms with van der Waals surface area (Å²) in [6.07, 6.45) is 1.58. The van der Waals surface area contributed by atoms with E-state index in [2.05, 4.69) is 28.3 Å². The number of thiol groups is 1. The van der Waals surface area contributed by atoms with Gasteiger partial charge in [0.2, 0.25) is 17.7 Å². The van der Waals surface area contributed by atoms with Crippen LogP contribution in [0.2, 0.25) is 0 Å². The number of carboxylic acid groups (broad SMARTS) is 1. The van der Waals surface area contributed by atoms with Crippen LogP contribution in [0.1, 0.15) is 25.7 Å². The van der Waals surface area contributed by atoms with Gasteiger partial charge in [-0.15, -0.1) is 0 Å². The molecule has 0 bridgehead atoms. The predicted molar refractivity (Wildman–Crippen MR) is 109 cm³/mol. The van der Waals surface area contributed by atoms with Crippen LogP contribution in [0.4, 0.5) is 0 Å². The van der Waals surface area contributed by atoms with Crippen molar-refractivity contribution in [2.45, 2.75) is 43.8 Å². The third-order valence-corrected chi connectivity index (χ3v) is 4.75. The fourth-order valence-electron chi connectivity index (χ4n) is 2.89.